The van der Waals surface area contributed by atoms with Crippen molar-refractivity contribution in [3.8, 4) is 0 Å². The number of aromatic nitrogens is 1. The van der Waals surface area contributed by atoms with Crippen molar-refractivity contribution in [3.05, 3.63) is 62.5 Å². The van der Waals surface area contributed by atoms with E-state index in [-0.39, 0.29) is 35.4 Å². The Bertz CT molecular complexity index is 1550. The van der Waals surface area contributed by atoms with E-state index in [9.17, 15) is 27.5 Å². The van der Waals surface area contributed by atoms with Crippen LogP contribution in [-0.2, 0) is 24.3 Å². The zero-order valence-corrected chi connectivity index (χ0v) is 26.3. The van der Waals surface area contributed by atoms with E-state index < -0.39 is 45.2 Å². The molecule has 0 bridgehead atoms. The number of hydrogen-bond donors (Lipinski definition) is 2. The number of hydrogen-bond acceptors (Lipinski definition) is 9. The summed E-state index contributed by atoms with van der Waals surface area (Å²) in [6.45, 7) is 2.44. The molecule has 0 unspecified atom stereocenters. The zero-order chi connectivity index (χ0) is 30.9. The zero-order valence-electron chi connectivity index (χ0n) is 23.9. The Morgan fingerprint density at radius 1 is 1.23 bits per heavy atom. The van der Waals surface area contributed by atoms with Gasteiger partial charge in [-0.3, -0.25) is 9.79 Å². The van der Waals surface area contributed by atoms with Crippen molar-refractivity contribution in [2.45, 2.75) is 51.5 Å². The molecule has 1 aromatic carbocycles. The molecular weight excluding hydrogens is 619 g/mol. The fourth-order valence-electron chi connectivity index (χ4n) is 6.28. The summed E-state index contributed by atoms with van der Waals surface area (Å²) in [6, 6.07) is 3.04. The molecule has 2 aromatic rings. The molecule has 43 heavy (non-hydrogen) atoms. The molecule has 0 amide bonds. The van der Waals surface area contributed by atoms with Gasteiger partial charge in [-0.1, -0.05) is 24.6 Å². The third kappa shape index (κ3) is 6.79. The van der Waals surface area contributed by atoms with Gasteiger partial charge in [0.05, 0.1) is 24.4 Å². The van der Waals surface area contributed by atoms with Crippen molar-refractivity contribution in [3.63, 3.8) is 0 Å². The van der Waals surface area contributed by atoms with Crippen molar-refractivity contribution in [2.75, 3.05) is 26.0 Å². The number of ether oxygens (including phenoxy) is 1. The van der Waals surface area contributed by atoms with Crippen molar-refractivity contribution in [1.29, 1.82) is 0 Å². The number of aliphatic carboxylic acids is 1. The summed E-state index contributed by atoms with van der Waals surface area (Å²) in [6.07, 6.45) is 4.56. The fraction of sp³-hybridized carbons (Fsp3) is 0.517. The monoisotopic (exact) mass is 652 g/mol. The molecule has 1 saturated heterocycles. The predicted molar refractivity (Wildman–Crippen MR) is 161 cm³/mol. The number of piperidine rings is 1. The number of carbonyl (C=O) groups excluding carboxylic acids is 1. The van der Waals surface area contributed by atoms with E-state index in [0.29, 0.717) is 60.6 Å². The first-order valence-electron chi connectivity index (χ1n) is 14.1. The van der Waals surface area contributed by atoms with Crippen molar-refractivity contribution in [2.24, 2.45) is 22.2 Å². The molecule has 3 heterocycles. The number of carbonyl (C=O) groups is 2. The Kier molecular flexibility index (Phi) is 9.26. The molecule has 0 radical (unpaired) electrons. The lowest BCUT2D eigenvalue weighted by molar-refractivity contribution is -0.143. The molecule has 10 nitrogen and oxygen atoms in total. The average Bonchev–Trinajstić information content (AvgIpc) is 3.51. The Hall–Kier alpha value is -2.87. The van der Waals surface area contributed by atoms with Gasteiger partial charge in [-0.15, -0.1) is 11.3 Å². The maximum atomic E-state index is 13.9. The number of methoxy groups -OCH3 is 1. The van der Waals surface area contributed by atoms with Crippen LogP contribution in [0.2, 0.25) is 5.02 Å². The van der Waals surface area contributed by atoms with E-state index in [0.717, 1.165) is 0 Å². The smallest absolute Gasteiger partial charge is 0.338 e. The molecule has 0 spiro atoms. The lowest BCUT2D eigenvalue weighted by Gasteiger charge is -2.39. The van der Waals surface area contributed by atoms with Crippen LogP contribution in [0.5, 0.6) is 0 Å². The Labute approximate surface area is 259 Å². The third-order valence-corrected chi connectivity index (χ3v) is 12.0. The van der Waals surface area contributed by atoms with Crippen LogP contribution in [0.3, 0.4) is 0 Å². The SMILES string of the molecule is COC(=O)C1=C(C2CCN(S(=O)(=O)C[C@]3(C)CC[C@@H](C(=O)O)CC3)CC2)NC(c2nccs2)=N[C@@H]1c1ccc(F)cc1Cl. The summed E-state index contributed by atoms with van der Waals surface area (Å²) in [5, 5.41) is 15.1. The number of benzene rings is 1. The second-order valence-corrected chi connectivity index (χ2v) is 15.0. The molecule has 2 aliphatic heterocycles. The summed E-state index contributed by atoms with van der Waals surface area (Å²) in [4.78, 5) is 33.8. The molecule has 14 heteroatoms. The Morgan fingerprint density at radius 2 is 1.93 bits per heavy atom. The van der Waals surface area contributed by atoms with Crippen LogP contribution < -0.4 is 5.32 Å². The molecule has 5 rings (SSSR count). The number of amidine groups is 1. The number of thiazole rings is 1. The highest BCUT2D eigenvalue weighted by atomic mass is 35.5. The molecule has 1 saturated carbocycles. The van der Waals surface area contributed by atoms with Gasteiger partial charge < -0.3 is 15.2 Å². The summed E-state index contributed by atoms with van der Waals surface area (Å²) in [5.41, 5.74) is 0.754. The van der Waals surface area contributed by atoms with Crippen molar-refractivity contribution >= 4 is 50.7 Å². The van der Waals surface area contributed by atoms with Gasteiger partial charge in [0.2, 0.25) is 10.0 Å². The minimum atomic E-state index is -3.60. The van der Waals surface area contributed by atoms with Crippen LogP contribution in [0.25, 0.3) is 0 Å². The van der Waals surface area contributed by atoms with Gasteiger partial charge in [-0.2, -0.15) is 0 Å². The molecule has 3 aliphatic rings. The van der Waals surface area contributed by atoms with Gasteiger partial charge in [-0.25, -0.2) is 26.9 Å². The van der Waals surface area contributed by atoms with Crippen molar-refractivity contribution in [1.82, 2.24) is 14.6 Å². The number of nitrogens with one attached hydrogen (secondary N) is 1. The van der Waals surface area contributed by atoms with Crippen LogP contribution in [0.4, 0.5) is 4.39 Å². The number of halogens is 2. The van der Waals surface area contributed by atoms with Crippen molar-refractivity contribution < 1.29 is 32.2 Å². The van der Waals surface area contributed by atoms with Crippen LogP contribution >= 0.6 is 22.9 Å². The standard InChI is InChI=1S/C29H34ClFN4O6S2/c1-29(9-5-18(6-10-29)27(36)37)16-43(39,40)35-12-7-17(8-13-35)23-22(28(38)41-2)24(20-4-3-19(31)15-21(20)30)34-25(33-23)26-32-11-14-42-26/h3-4,11,14-15,17-18,24H,5-10,12-13,16H2,1-2H3,(H,33,34)(H,36,37)/t18-,24-,29-/m1/s1. The molecule has 1 aromatic heterocycles. The number of sulfonamides is 1. The minimum Gasteiger partial charge on any atom is -0.481 e. The normalized spacial score (nSPS) is 25.6. The number of carboxylic acids is 1. The van der Waals surface area contributed by atoms with E-state index >= 15 is 0 Å². The lowest BCUT2D eigenvalue weighted by atomic mass is 9.73. The molecular formula is C29H34ClFN4O6S2. The number of carboxylic acid groups (broad SMARTS) is 1. The van der Waals surface area contributed by atoms with Gasteiger partial charge in [0.25, 0.3) is 0 Å². The first-order chi connectivity index (χ1) is 20.4. The third-order valence-electron chi connectivity index (χ3n) is 8.70. The Balaban J connectivity index is 1.40. The predicted octanol–water partition coefficient (Wildman–Crippen LogP) is 4.78. The number of esters is 1. The molecule has 1 atom stereocenters. The Morgan fingerprint density at radius 3 is 2.51 bits per heavy atom. The maximum absolute atomic E-state index is 13.9. The summed E-state index contributed by atoms with van der Waals surface area (Å²) in [7, 11) is -2.33. The van der Waals surface area contributed by atoms with E-state index in [1.165, 1.54) is 41.0 Å². The molecule has 2 fully saturated rings. The lowest BCUT2D eigenvalue weighted by Crippen LogP contribution is -2.46. The van der Waals surface area contributed by atoms with E-state index in [1.807, 2.05) is 6.92 Å². The minimum absolute atomic E-state index is 0.0304. The average molecular weight is 653 g/mol. The first-order valence-corrected chi connectivity index (χ1v) is 17.0. The highest BCUT2D eigenvalue weighted by molar-refractivity contribution is 7.89. The second-order valence-electron chi connectivity index (χ2n) is 11.7. The second kappa shape index (κ2) is 12.6. The van der Waals surface area contributed by atoms with Gasteiger partial charge in [0.1, 0.15) is 11.9 Å². The van der Waals surface area contributed by atoms with E-state index in [2.05, 4.69) is 10.3 Å². The summed E-state index contributed by atoms with van der Waals surface area (Å²) >= 11 is 7.81. The topological polar surface area (TPSA) is 138 Å². The van der Waals surface area contributed by atoms with Crippen LogP contribution in [-0.4, -0.2) is 66.5 Å². The number of nitrogens with zero attached hydrogens (tertiary/aromatic N) is 3. The number of rotatable bonds is 8. The van der Waals surface area contributed by atoms with E-state index in [4.69, 9.17) is 21.3 Å². The van der Waals surface area contributed by atoms with Gasteiger partial charge in [0, 0.05) is 46.9 Å². The molecule has 1 aliphatic carbocycles. The number of allylic oxidation sites excluding steroid dienone is 1. The number of aliphatic imine (C=N–C) groups is 1. The largest absolute Gasteiger partial charge is 0.481 e. The van der Waals surface area contributed by atoms with Crippen LogP contribution in [0, 0.1) is 23.1 Å². The summed E-state index contributed by atoms with van der Waals surface area (Å²) < 4.78 is 47.7. The highest BCUT2D eigenvalue weighted by Gasteiger charge is 2.42. The van der Waals surface area contributed by atoms with Gasteiger partial charge in [-0.05, 0) is 56.1 Å². The summed E-state index contributed by atoms with van der Waals surface area (Å²) in [5.74, 6) is -2.20. The van der Waals surface area contributed by atoms with Crippen LogP contribution in [0.15, 0.2) is 46.0 Å². The molecule has 2 N–H and O–H groups in total. The van der Waals surface area contributed by atoms with Gasteiger partial charge >= 0.3 is 11.9 Å². The van der Waals surface area contributed by atoms with Gasteiger partial charge in [0.15, 0.2) is 10.8 Å². The molecule has 232 valence electrons. The maximum Gasteiger partial charge on any atom is 0.338 e. The quantitative estimate of drug-likeness (QED) is 0.389. The first kappa shape index (κ1) is 31.6. The highest BCUT2D eigenvalue weighted by Crippen LogP contribution is 2.42. The van der Waals surface area contributed by atoms with E-state index in [1.54, 1.807) is 11.6 Å². The van der Waals surface area contributed by atoms with Crippen LogP contribution in [0.1, 0.15) is 62.1 Å². The fourth-order valence-corrected chi connectivity index (χ4v) is 9.26.